The average molecular weight is 525 g/mol. The normalized spacial score (nSPS) is 11.8. The van der Waals surface area contributed by atoms with Crippen molar-refractivity contribution in [2.75, 3.05) is 17.5 Å². The van der Waals surface area contributed by atoms with Crippen LogP contribution in [0.3, 0.4) is 0 Å². The van der Waals surface area contributed by atoms with Crippen LogP contribution in [0, 0.1) is 0 Å². The third kappa shape index (κ3) is 4.93. The number of halogens is 2. The van der Waals surface area contributed by atoms with Gasteiger partial charge in [0.25, 0.3) is 5.91 Å². The fraction of sp³-hybridized carbons (Fsp3) is 0.0800. The number of nitrogens with one attached hydrogen (secondary N) is 3. The maximum absolute atomic E-state index is 13.1. The third-order valence-corrected chi connectivity index (χ3v) is 5.86. The molecule has 0 unspecified atom stereocenters. The van der Waals surface area contributed by atoms with Crippen LogP contribution in [-0.4, -0.2) is 29.2 Å². The molecule has 1 aromatic heterocycles. The summed E-state index contributed by atoms with van der Waals surface area (Å²) >= 11 is 12.1. The maximum Gasteiger partial charge on any atom is 0.328 e. The Morgan fingerprint density at radius 1 is 0.861 bits per heavy atom. The summed E-state index contributed by atoms with van der Waals surface area (Å²) in [6, 6.07) is 18.3. The van der Waals surface area contributed by atoms with Gasteiger partial charge in [0.05, 0.1) is 5.52 Å². The molecular weight excluding hydrogens is 507 g/mol. The molecule has 3 aromatic carbocycles. The number of carbonyl (C=O) groups excluding carboxylic acids is 3. The Labute approximate surface area is 214 Å². The topological polar surface area (TPSA) is 111 Å². The maximum atomic E-state index is 13.1. The molecule has 182 valence electrons. The third-order valence-electron chi connectivity index (χ3n) is 5.39. The fourth-order valence-electron chi connectivity index (χ4n) is 3.70. The molecule has 0 atom stereocenters. The first kappa shape index (κ1) is 23.5. The van der Waals surface area contributed by atoms with Crippen LogP contribution < -0.4 is 25.5 Å². The number of carbonyl (C=O) groups is 3. The van der Waals surface area contributed by atoms with Gasteiger partial charge < -0.3 is 20.1 Å². The Morgan fingerprint density at radius 2 is 1.67 bits per heavy atom. The van der Waals surface area contributed by atoms with Crippen LogP contribution in [0.5, 0.6) is 11.5 Å². The van der Waals surface area contributed by atoms with Crippen molar-refractivity contribution in [3.05, 3.63) is 88.0 Å². The first-order valence-electron chi connectivity index (χ1n) is 10.7. The predicted octanol–water partition coefficient (Wildman–Crippen LogP) is 4.32. The van der Waals surface area contributed by atoms with Gasteiger partial charge in [0.1, 0.15) is 5.69 Å². The number of amides is 3. The largest absolute Gasteiger partial charge is 0.454 e. The van der Waals surface area contributed by atoms with E-state index in [-0.39, 0.29) is 19.0 Å². The lowest BCUT2D eigenvalue weighted by Gasteiger charge is -2.13. The van der Waals surface area contributed by atoms with Crippen molar-refractivity contribution in [1.82, 2.24) is 9.99 Å². The minimum atomic E-state index is -0.958. The van der Waals surface area contributed by atoms with Crippen molar-refractivity contribution in [2.24, 2.45) is 0 Å². The summed E-state index contributed by atoms with van der Waals surface area (Å²) in [4.78, 5) is 38.4. The van der Waals surface area contributed by atoms with Crippen LogP contribution in [-0.2, 0) is 16.1 Å². The number of ether oxygens (including phenoxy) is 2. The van der Waals surface area contributed by atoms with E-state index in [1.54, 1.807) is 66.7 Å². The lowest BCUT2D eigenvalue weighted by atomic mass is 10.2. The van der Waals surface area contributed by atoms with Crippen LogP contribution >= 0.6 is 23.2 Å². The SMILES string of the molecule is O=C(NCc1ccc2c(c1)OCO2)C(=O)Nn1c(C(=O)Nc2cccc(Cl)c2)cc2cc(Cl)ccc21. The molecule has 0 spiro atoms. The molecule has 0 aliphatic carbocycles. The first-order valence-corrected chi connectivity index (χ1v) is 11.5. The number of hydrogen-bond donors (Lipinski definition) is 3. The zero-order chi connectivity index (χ0) is 25.2. The predicted molar refractivity (Wildman–Crippen MR) is 135 cm³/mol. The molecule has 0 bridgehead atoms. The van der Waals surface area contributed by atoms with E-state index in [1.165, 1.54) is 4.68 Å². The van der Waals surface area contributed by atoms with Gasteiger partial charge in [-0.05, 0) is 60.2 Å². The standard InChI is InChI=1S/C25H18Cl2N4O5/c26-16-2-1-3-18(11-16)29-23(32)20-10-15-9-17(27)5-6-19(15)31(20)30-25(34)24(33)28-12-14-4-7-21-22(8-14)36-13-35-21/h1-11H,12-13H2,(H,28,33)(H,29,32)(H,30,34). The van der Waals surface area contributed by atoms with Gasteiger partial charge in [0.15, 0.2) is 11.5 Å². The summed E-state index contributed by atoms with van der Waals surface area (Å²) in [6.07, 6.45) is 0. The highest BCUT2D eigenvalue weighted by molar-refractivity contribution is 6.38. The summed E-state index contributed by atoms with van der Waals surface area (Å²) in [6.45, 7) is 0.226. The van der Waals surface area contributed by atoms with E-state index >= 15 is 0 Å². The minimum absolute atomic E-state index is 0.0872. The second-order valence-electron chi connectivity index (χ2n) is 7.84. The monoisotopic (exact) mass is 524 g/mol. The smallest absolute Gasteiger partial charge is 0.328 e. The molecule has 11 heteroatoms. The van der Waals surface area contributed by atoms with Gasteiger partial charge in [-0.3, -0.25) is 19.8 Å². The number of nitrogens with zero attached hydrogens (tertiary/aromatic N) is 1. The summed E-state index contributed by atoms with van der Waals surface area (Å²) < 4.78 is 11.8. The van der Waals surface area contributed by atoms with Gasteiger partial charge in [0, 0.05) is 27.7 Å². The van der Waals surface area contributed by atoms with E-state index in [0.29, 0.717) is 38.1 Å². The lowest BCUT2D eigenvalue weighted by molar-refractivity contribution is -0.136. The summed E-state index contributed by atoms with van der Waals surface area (Å²) in [5, 5.41) is 6.79. The van der Waals surface area contributed by atoms with Crippen LogP contribution in [0.4, 0.5) is 5.69 Å². The summed E-state index contributed by atoms with van der Waals surface area (Å²) in [5.41, 5.74) is 4.26. The van der Waals surface area contributed by atoms with Gasteiger partial charge in [-0.15, -0.1) is 0 Å². The van der Waals surface area contributed by atoms with Gasteiger partial charge in [-0.2, -0.15) is 0 Å². The van der Waals surface area contributed by atoms with Crippen molar-refractivity contribution in [2.45, 2.75) is 6.54 Å². The Hall–Kier alpha value is -4.21. The van der Waals surface area contributed by atoms with Gasteiger partial charge in [-0.1, -0.05) is 35.3 Å². The van der Waals surface area contributed by atoms with E-state index in [1.807, 2.05) is 0 Å². The van der Waals surface area contributed by atoms with Crippen LogP contribution in [0.2, 0.25) is 10.0 Å². The Bertz CT molecular complexity index is 1520. The van der Waals surface area contributed by atoms with Crippen molar-refractivity contribution in [3.8, 4) is 11.5 Å². The number of rotatable bonds is 5. The molecule has 4 aromatic rings. The van der Waals surface area contributed by atoms with E-state index < -0.39 is 17.7 Å². The van der Waals surface area contributed by atoms with Crippen molar-refractivity contribution < 1.29 is 23.9 Å². The fourth-order valence-corrected chi connectivity index (χ4v) is 4.07. The van der Waals surface area contributed by atoms with Gasteiger partial charge in [0.2, 0.25) is 6.79 Å². The number of anilines is 1. The molecule has 1 aliphatic rings. The molecule has 36 heavy (non-hydrogen) atoms. The van der Waals surface area contributed by atoms with Crippen LogP contribution in [0.25, 0.3) is 10.9 Å². The van der Waals surface area contributed by atoms with Crippen LogP contribution in [0.15, 0.2) is 66.7 Å². The van der Waals surface area contributed by atoms with E-state index in [9.17, 15) is 14.4 Å². The Morgan fingerprint density at radius 3 is 2.50 bits per heavy atom. The Balaban J connectivity index is 1.34. The summed E-state index contributed by atoms with van der Waals surface area (Å²) in [5.74, 6) is -1.18. The number of fused-ring (bicyclic) bond motifs is 2. The molecule has 3 amide bonds. The molecule has 0 saturated carbocycles. The molecule has 9 nitrogen and oxygen atoms in total. The van der Waals surface area contributed by atoms with E-state index in [0.717, 1.165) is 5.56 Å². The molecule has 0 fully saturated rings. The molecule has 3 N–H and O–H groups in total. The molecular formula is C25H18Cl2N4O5. The molecule has 0 radical (unpaired) electrons. The second kappa shape index (κ2) is 9.80. The molecule has 2 heterocycles. The molecule has 0 saturated heterocycles. The number of aromatic nitrogens is 1. The number of benzene rings is 3. The minimum Gasteiger partial charge on any atom is -0.454 e. The van der Waals surface area contributed by atoms with Crippen molar-refractivity contribution >= 4 is 57.5 Å². The Kier molecular flexibility index (Phi) is 6.41. The van der Waals surface area contributed by atoms with Crippen LogP contribution in [0.1, 0.15) is 16.1 Å². The molecule has 1 aliphatic heterocycles. The van der Waals surface area contributed by atoms with E-state index in [2.05, 4.69) is 16.1 Å². The lowest BCUT2D eigenvalue weighted by Crippen LogP contribution is -2.39. The highest BCUT2D eigenvalue weighted by atomic mass is 35.5. The van der Waals surface area contributed by atoms with Gasteiger partial charge in [-0.25, -0.2) is 4.68 Å². The number of hydrogen-bond acceptors (Lipinski definition) is 5. The quantitative estimate of drug-likeness (QED) is 0.337. The highest BCUT2D eigenvalue weighted by Crippen LogP contribution is 2.32. The van der Waals surface area contributed by atoms with Gasteiger partial charge >= 0.3 is 11.8 Å². The highest BCUT2D eigenvalue weighted by Gasteiger charge is 2.21. The summed E-state index contributed by atoms with van der Waals surface area (Å²) in [7, 11) is 0. The van der Waals surface area contributed by atoms with E-state index in [4.69, 9.17) is 32.7 Å². The zero-order valence-electron chi connectivity index (χ0n) is 18.5. The average Bonchev–Trinajstić information content (AvgIpc) is 3.46. The van der Waals surface area contributed by atoms with Crippen molar-refractivity contribution in [1.29, 1.82) is 0 Å². The first-order chi connectivity index (χ1) is 17.4. The zero-order valence-corrected chi connectivity index (χ0v) is 20.0. The second-order valence-corrected chi connectivity index (χ2v) is 8.72. The molecule has 5 rings (SSSR count). The van der Waals surface area contributed by atoms with Crippen molar-refractivity contribution in [3.63, 3.8) is 0 Å².